The van der Waals surface area contributed by atoms with Crippen LogP contribution in [0.3, 0.4) is 0 Å². The Morgan fingerprint density at radius 1 is 1.06 bits per heavy atom. The zero-order chi connectivity index (χ0) is 12.8. The molecule has 0 N–H and O–H groups in total. The molecule has 0 atom stereocenters. The molecule has 1 fully saturated rings. The number of carbonyl (C=O) groups is 3. The van der Waals surface area contributed by atoms with Gasteiger partial charge in [-0.2, -0.15) is 0 Å². The lowest BCUT2D eigenvalue weighted by atomic mass is 10.2. The molecule has 1 heterocycles. The van der Waals surface area contributed by atoms with E-state index in [0.29, 0.717) is 26.2 Å². The first-order chi connectivity index (χ1) is 8.04. The Hall–Kier alpha value is -1.59. The third kappa shape index (κ3) is 4.05. The number of piperazine rings is 1. The van der Waals surface area contributed by atoms with Crippen molar-refractivity contribution in [1.82, 2.24) is 9.80 Å². The Kier molecular flexibility index (Phi) is 4.93. The van der Waals surface area contributed by atoms with Crippen molar-refractivity contribution in [2.24, 2.45) is 0 Å². The van der Waals surface area contributed by atoms with Crippen LogP contribution >= 0.6 is 0 Å². The standard InChI is InChI=1S/C11H18N2O4/c1-3-17-11(16)8-10(15)13-6-4-12(5-7-13)9(2)14/h3-8H2,1-2H3. The Balaban J connectivity index is 2.35. The van der Waals surface area contributed by atoms with Gasteiger partial charge < -0.3 is 14.5 Å². The van der Waals surface area contributed by atoms with Gasteiger partial charge in [-0.05, 0) is 6.92 Å². The number of hydrogen-bond donors (Lipinski definition) is 0. The van der Waals surface area contributed by atoms with E-state index >= 15 is 0 Å². The summed E-state index contributed by atoms with van der Waals surface area (Å²) in [6.07, 6.45) is -0.214. The maximum absolute atomic E-state index is 11.7. The molecule has 0 bridgehead atoms. The van der Waals surface area contributed by atoms with Crippen LogP contribution in [0.4, 0.5) is 0 Å². The number of rotatable bonds is 3. The number of nitrogens with zero attached hydrogens (tertiary/aromatic N) is 2. The molecule has 0 saturated carbocycles. The minimum atomic E-state index is -0.494. The van der Waals surface area contributed by atoms with Crippen LogP contribution < -0.4 is 0 Å². The highest BCUT2D eigenvalue weighted by molar-refractivity contribution is 5.94. The van der Waals surface area contributed by atoms with E-state index in [0.717, 1.165) is 0 Å². The van der Waals surface area contributed by atoms with Crippen molar-refractivity contribution in [2.45, 2.75) is 20.3 Å². The molecule has 0 radical (unpaired) electrons. The van der Waals surface area contributed by atoms with Crippen molar-refractivity contribution in [1.29, 1.82) is 0 Å². The van der Waals surface area contributed by atoms with E-state index in [1.54, 1.807) is 16.7 Å². The molecule has 6 nitrogen and oxygen atoms in total. The summed E-state index contributed by atoms with van der Waals surface area (Å²) < 4.78 is 4.71. The molecule has 17 heavy (non-hydrogen) atoms. The smallest absolute Gasteiger partial charge is 0.315 e. The largest absolute Gasteiger partial charge is 0.466 e. The minimum absolute atomic E-state index is 0.0162. The van der Waals surface area contributed by atoms with E-state index in [4.69, 9.17) is 4.74 Å². The quantitative estimate of drug-likeness (QED) is 0.500. The topological polar surface area (TPSA) is 66.9 Å². The van der Waals surface area contributed by atoms with Crippen molar-refractivity contribution in [3.8, 4) is 0 Å². The Morgan fingerprint density at radius 3 is 2.06 bits per heavy atom. The number of esters is 1. The van der Waals surface area contributed by atoms with Crippen molar-refractivity contribution < 1.29 is 19.1 Å². The van der Waals surface area contributed by atoms with Gasteiger partial charge in [0, 0.05) is 33.1 Å². The average molecular weight is 242 g/mol. The fourth-order valence-electron chi connectivity index (χ4n) is 1.72. The Labute approximate surface area is 101 Å². The Bertz CT molecular complexity index is 309. The van der Waals surface area contributed by atoms with E-state index in [-0.39, 0.29) is 24.8 Å². The van der Waals surface area contributed by atoms with Crippen molar-refractivity contribution in [2.75, 3.05) is 32.8 Å². The molecular formula is C11H18N2O4. The molecule has 2 amide bonds. The summed E-state index contributed by atoms with van der Waals surface area (Å²) in [7, 11) is 0. The van der Waals surface area contributed by atoms with Gasteiger partial charge >= 0.3 is 5.97 Å². The van der Waals surface area contributed by atoms with Gasteiger partial charge in [-0.15, -0.1) is 0 Å². The van der Waals surface area contributed by atoms with Gasteiger partial charge in [0.05, 0.1) is 6.61 Å². The van der Waals surface area contributed by atoms with Crippen molar-refractivity contribution >= 4 is 17.8 Å². The highest BCUT2D eigenvalue weighted by Gasteiger charge is 2.23. The summed E-state index contributed by atoms with van der Waals surface area (Å²) >= 11 is 0. The monoisotopic (exact) mass is 242 g/mol. The maximum Gasteiger partial charge on any atom is 0.315 e. The number of ether oxygens (including phenoxy) is 1. The van der Waals surface area contributed by atoms with E-state index in [9.17, 15) is 14.4 Å². The SMILES string of the molecule is CCOC(=O)CC(=O)N1CCN(C(C)=O)CC1. The van der Waals surface area contributed by atoms with Crippen molar-refractivity contribution in [3.63, 3.8) is 0 Å². The second kappa shape index (κ2) is 6.22. The zero-order valence-electron chi connectivity index (χ0n) is 10.3. The predicted molar refractivity (Wildman–Crippen MR) is 60.1 cm³/mol. The summed E-state index contributed by atoms with van der Waals surface area (Å²) in [5, 5.41) is 0. The van der Waals surface area contributed by atoms with Gasteiger partial charge in [-0.25, -0.2) is 0 Å². The summed E-state index contributed by atoms with van der Waals surface area (Å²) in [5.41, 5.74) is 0. The highest BCUT2D eigenvalue weighted by atomic mass is 16.5. The fourth-order valence-corrected chi connectivity index (χ4v) is 1.72. The summed E-state index contributed by atoms with van der Waals surface area (Å²) in [6.45, 7) is 5.53. The molecule has 0 spiro atoms. The second-order valence-electron chi connectivity index (χ2n) is 3.87. The molecule has 0 unspecified atom stereocenters. The van der Waals surface area contributed by atoms with E-state index < -0.39 is 5.97 Å². The van der Waals surface area contributed by atoms with Gasteiger partial charge in [0.25, 0.3) is 0 Å². The van der Waals surface area contributed by atoms with Gasteiger partial charge in [0.1, 0.15) is 6.42 Å². The molecule has 0 aliphatic carbocycles. The van der Waals surface area contributed by atoms with E-state index in [1.807, 2.05) is 0 Å². The maximum atomic E-state index is 11.7. The molecule has 96 valence electrons. The summed E-state index contributed by atoms with van der Waals surface area (Å²) in [6, 6.07) is 0. The van der Waals surface area contributed by atoms with Gasteiger partial charge in [-0.1, -0.05) is 0 Å². The first-order valence-corrected chi connectivity index (χ1v) is 5.73. The molecule has 0 aromatic heterocycles. The lowest BCUT2D eigenvalue weighted by Crippen LogP contribution is -2.50. The van der Waals surface area contributed by atoms with Gasteiger partial charge in [0.2, 0.25) is 11.8 Å². The lowest BCUT2D eigenvalue weighted by molar-refractivity contribution is -0.150. The van der Waals surface area contributed by atoms with Crippen LogP contribution in [-0.2, 0) is 19.1 Å². The third-order valence-electron chi connectivity index (χ3n) is 2.68. The second-order valence-corrected chi connectivity index (χ2v) is 3.87. The van der Waals surface area contributed by atoms with Crippen LogP contribution in [0, 0.1) is 0 Å². The normalized spacial score (nSPS) is 15.6. The van der Waals surface area contributed by atoms with Crippen LogP contribution in [0.2, 0.25) is 0 Å². The lowest BCUT2D eigenvalue weighted by Gasteiger charge is -2.34. The summed E-state index contributed by atoms with van der Waals surface area (Å²) in [4.78, 5) is 37.2. The Morgan fingerprint density at radius 2 is 1.59 bits per heavy atom. The predicted octanol–water partition coefficient (Wildman–Crippen LogP) is -0.370. The third-order valence-corrected chi connectivity index (χ3v) is 2.68. The number of carbonyl (C=O) groups excluding carboxylic acids is 3. The number of amides is 2. The molecule has 1 saturated heterocycles. The highest BCUT2D eigenvalue weighted by Crippen LogP contribution is 2.04. The molecule has 6 heteroatoms. The van der Waals surface area contributed by atoms with Crippen LogP contribution in [-0.4, -0.2) is 60.4 Å². The first-order valence-electron chi connectivity index (χ1n) is 5.73. The van der Waals surface area contributed by atoms with Gasteiger partial charge in [-0.3, -0.25) is 14.4 Å². The fraction of sp³-hybridized carbons (Fsp3) is 0.727. The zero-order valence-corrected chi connectivity index (χ0v) is 10.3. The van der Waals surface area contributed by atoms with Gasteiger partial charge in [0.15, 0.2) is 0 Å². The van der Waals surface area contributed by atoms with E-state index in [1.165, 1.54) is 6.92 Å². The molecule has 1 rings (SSSR count). The van der Waals surface area contributed by atoms with Crippen LogP contribution in [0.15, 0.2) is 0 Å². The molecule has 1 aliphatic heterocycles. The first kappa shape index (κ1) is 13.5. The average Bonchev–Trinajstić information content (AvgIpc) is 2.29. The van der Waals surface area contributed by atoms with Crippen molar-refractivity contribution in [3.05, 3.63) is 0 Å². The summed E-state index contributed by atoms with van der Waals surface area (Å²) in [5.74, 6) is -0.708. The van der Waals surface area contributed by atoms with Crippen LogP contribution in [0.5, 0.6) is 0 Å². The molecule has 0 aromatic carbocycles. The molecular weight excluding hydrogens is 224 g/mol. The minimum Gasteiger partial charge on any atom is -0.466 e. The molecule has 1 aliphatic rings. The van der Waals surface area contributed by atoms with E-state index in [2.05, 4.69) is 0 Å². The van der Waals surface area contributed by atoms with Crippen LogP contribution in [0.1, 0.15) is 20.3 Å². The molecule has 0 aromatic rings. The number of hydrogen-bond acceptors (Lipinski definition) is 4. The van der Waals surface area contributed by atoms with Crippen LogP contribution in [0.25, 0.3) is 0 Å².